The fourth-order valence-electron chi connectivity index (χ4n) is 1.48. The maximum Gasteiger partial charge on any atom is 0.180 e. The normalized spacial score (nSPS) is 19.1. The Hall–Kier alpha value is -0.480. The van der Waals surface area contributed by atoms with Gasteiger partial charge in [-0.3, -0.25) is 0 Å². The van der Waals surface area contributed by atoms with Crippen molar-refractivity contribution in [3.8, 4) is 0 Å². The fraction of sp³-hybridized carbons (Fsp3) is 0.667. The van der Waals surface area contributed by atoms with Crippen LogP contribution in [-0.4, -0.2) is 22.5 Å². The van der Waals surface area contributed by atoms with Gasteiger partial charge in [0.25, 0.3) is 0 Å². The van der Waals surface area contributed by atoms with E-state index in [2.05, 4.69) is 10.3 Å². The average molecular weight is 198 g/mol. The van der Waals surface area contributed by atoms with Crippen molar-refractivity contribution in [2.45, 2.75) is 25.4 Å². The molecule has 0 atom stereocenters. The van der Waals surface area contributed by atoms with E-state index >= 15 is 0 Å². The van der Waals surface area contributed by atoms with Crippen LogP contribution in [0.2, 0.25) is 0 Å². The van der Waals surface area contributed by atoms with Crippen LogP contribution >= 0.6 is 11.8 Å². The Balaban J connectivity index is 1.72. The van der Waals surface area contributed by atoms with E-state index in [1.165, 1.54) is 30.7 Å². The summed E-state index contributed by atoms with van der Waals surface area (Å²) in [6.07, 6.45) is 5.80. The zero-order valence-corrected chi connectivity index (χ0v) is 8.35. The number of oxazole rings is 1. The van der Waals surface area contributed by atoms with Crippen LogP contribution in [0.3, 0.4) is 0 Å². The smallest absolute Gasteiger partial charge is 0.180 e. The molecule has 0 spiro atoms. The Morgan fingerprint density at radius 3 is 3.08 bits per heavy atom. The summed E-state index contributed by atoms with van der Waals surface area (Å²) >= 11 is 2.05. The van der Waals surface area contributed by atoms with Crippen molar-refractivity contribution in [2.75, 3.05) is 11.5 Å². The lowest BCUT2D eigenvalue weighted by molar-refractivity contribution is 0.427. The summed E-state index contributed by atoms with van der Waals surface area (Å²) < 4.78 is 5.15. The first-order valence-electron chi connectivity index (χ1n) is 4.63. The van der Waals surface area contributed by atoms with Crippen molar-refractivity contribution in [3.05, 3.63) is 18.4 Å². The van der Waals surface area contributed by atoms with Gasteiger partial charge in [-0.05, 0) is 24.3 Å². The minimum Gasteiger partial charge on any atom is -0.447 e. The predicted octanol–water partition coefficient (Wildman–Crippen LogP) is 1.66. The highest BCUT2D eigenvalue weighted by molar-refractivity contribution is 7.99. The largest absolute Gasteiger partial charge is 0.447 e. The molecule has 1 N–H and O–H groups in total. The SMILES string of the molecule is c1ncc(CNC2CCSCC2)o1. The highest BCUT2D eigenvalue weighted by atomic mass is 32.2. The molecule has 1 aromatic rings. The maximum absolute atomic E-state index is 5.15. The van der Waals surface area contributed by atoms with E-state index in [1.54, 1.807) is 6.20 Å². The van der Waals surface area contributed by atoms with Crippen molar-refractivity contribution in [1.29, 1.82) is 0 Å². The Labute approximate surface area is 82.3 Å². The van der Waals surface area contributed by atoms with Crippen molar-refractivity contribution in [3.63, 3.8) is 0 Å². The minimum atomic E-state index is 0.673. The summed E-state index contributed by atoms with van der Waals surface area (Å²) in [7, 11) is 0. The highest BCUT2D eigenvalue weighted by Gasteiger charge is 2.12. The van der Waals surface area contributed by atoms with Crippen LogP contribution in [0.4, 0.5) is 0 Å². The van der Waals surface area contributed by atoms with Gasteiger partial charge in [-0.1, -0.05) is 0 Å². The van der Waals surface area contributed by atoms with E-state index in [0.29, 0.717) is 6.04 Å². The molecule has 0 radical (unpaired) electrons. The first-order valence-corrected chi connectivity index (χ1v) is 5.79. The molecule has 3 nitrogen and oxygen atoms in total. The topological polar surface area (TPSA) is 38.1 Å². The van der Waals surface area contributed by atoms with Crippen LogP contribution in [0.1, 0.15) is 18.6 Å². The molecule has 1 fully saturated rings. The molecular formula is C9H14N2OS. The first-order chi connectivity index (χ1) is 6.45. The number of nitrogens with one attached hydrogen (secondary N) is 1. The van der Waals surface area contributed by atoms with E-state index < -0.39 is 0 Å². The molecule has 0 bridgehead atoms. The minimum absolute atomic E-state index is 0.673. The lowest BCUT2D eigenvalue weighted by Crippen LogP contribution is -2.31. The van der Waals surface area contributed by atoms with E-state index in [4.69, 9.17) is 4.42 Å². The number of nitrogens with zero attached hydrogens (tertiary/aromatic N) is 1. The predicted molar refractivity (Wildman–Crippen MR) is 53.7 cm³/mol. The average Bonchev–Trinajstić information content (AvgIpc) is 2.69. The zero-order valence-electron chi connectivity index (χ0n) is 7.53. The Bertz CT molecular complexity index is 232. The second-order valence-corrected chi connectivity index (χ2v) is 4.46. The quantitative estimate of drug-likeness (QED) is 0.801. The molecule has 1 saturated heterocycles. The van der Waals surface area contributed by atoms with Gasteiger partial charge in [0, 0.05) is 6.04 Å². The standard InChI is InChI=1S/C9H14N2OS/c1-3-13-4-2-8(1)11-6-9-5-10-7-12-9/h5,7-8,11H,1-4,6H2. The van der Waals surface area contributed by atoms with Crippen LogP contribution < -0.4 is 5.32 Å². The lowest BCUT2D eigenvalue weighted by Gasteiger charge is -2.21. The lowest BCUT2D eigenvalue weighted by atomic mass is 10.1. The summed E-state index contributed by atoms with van der Waals surface area (Å²) in [5.41, 5.74) is 0. The molecule has 72 valence electrons. The molecular weight excluding hydrogens is 184 g/mol. The Kier molecular flexibility index (Phi) is 3.27. The van der Waals surface area contributed by atoms with Crippen LogP contribution in [0, 0.1) is 0 Å². The molecule has 0 saturated carbocycles. The molecule has 1 aliphatic heterocycles. The number of hydrogen-bond acceptors (Lipinski definition) is 4. The molecule has 1 aromatic heterocycles. The van der Waals surface area contributed by atoms with E-state index in [0.717, 1.165) is 12.3 Å². The van der Waals surface area contributed by atoms with Gasteiger partial charge in [-0.2, -0.15) is 11.8 Å². The third-order valence-electron chi connectivity index (χ3n) is 2.27. The van der Waals surface area contributed by atoms with Gasteiger partial charge in [-0.15, -0.1) is 0 Å². The summed E-state index contributed by atoms with van der Waals surface area (Å²) in [6.45, 7) is 0.815. The molecule has 0 amide bonds. The fourth-order valence-corrected chi connectivity index (χ4v) is 2.58. The third kappa shape index (κ3) is 2.74. The number of rotatable bonds is 3. The molecule has 0 unspecified atom stereocenters. The van der Waals surface area contributed by atoms with Gasteiger partial charge in [0.2, 0.25) is 0 Å². The van der Waals surface area contributed by atoms with Gasteiger partial charge in [0.15, 0.2) is 6.39 Å². The van der Waals surface area contributed by atoms with Crippen LogP contribution in [0.5, 0.6) is 0 Å². The van der Waals surface area contributed by atoms with Crippen LogP contribution in [-0.2, 0) is 6.54 Å². The van der Waals surface area contributed by atoms with Crippen molar-refractivity contribution >= 4 is 11.8 Å². The van der Waals surface area contributed by atoms with Crippen molar-refractivity contribution in [2.24, 2.45) is 0 Å². The number of aromatic nitrogens is 1. The summed E-state index contributed by atoms with van der Waals surface area (Å²) in [5.74, 6) is 3.50. The van der Waals surface area contributed by atoms with Crippen molar-refractivity contribution < 1.29 is 4.42 Å². The molecule has 1 aliphatic rings. The van der Waals surface area contributed by atoms with Gasteiger partial charge < -0.3 is 9.73 Å². The molecule has 0 aromatic carbocycles. The van der Waals surface area contributed by atoms with Gasteiger partial charge in [0.05, 0.1) is 12.7 Å². The highest BCUT2D eigenvalue weighted by Crippen LogP contribution is 2.17. The molecule has 4 heteroatoms. The zero-order chi connectivity index (χ0) is 8.93. The summed E-state index contributed by atoms with van der Waals surface area (Å²) in [6, 6.07) is 0.673. The first kappa shape index (κ1) is 9.09. The third-order valence-corrected chi connectivity index (χ3v) is 3.32. The Morgan fingerprint density at radius 2 is 2.38 bits per heavy atom. The molecule has 13 heavy (non-hydrogen) atoms. The second kappa shape index (κ2) is 4.67. The van der Waals surface area contributed by atoms with E-state index in [-0.39, 0.29) is 0 Å². The summed E-state index contributed by atoms with van der Waals surface area (Å²) in [5, 5.41) is 3.48. The Morgan fingerprint density at radius 1 is 1.54 bits per heavy atom. The van der Waals surface area contributed by atoms with Crippen LogP contribution in [0.25, 0.3) is 0 Å². The summed E-state index contributed by atoms with van der Waals surface area (Å²) in [4.78, 5) is 3.88. The van der Waals surface area contributed by atoms with E-state index in [1.807, 2.05) is 11.8 Å². The maximum atomic E-state index is 5.15. The number of hydrogen-bond donors (Lipinski definition) is 1. The van der Waals surface area contributed by atoms with Crippen LogP contribution in [0.15, 0.2) is 17.0 Å². The monoisotopic (exact) mass is 198 g/mol. The molecule has 0 aliphatic carbocycles. The van der Waals surface area contributed by atoms with Gasteiger partial charge in [0.1, 0.15) is 5.76 Å². The molecule has 2 rings (SSSR count). The van der Waals surface area contributed by atoms with E-state index in [9.17, 15) is 0 Å². The van der Waals surface area contributed by atoms with Gasteiger partial charge >= 0.3 is 0 Å². The molecule has 2 heterocycles. The number of thioether (sulfide) groups is 1. The second-order valence-electron chi connectivity index (χ2n) is 3.24. The van der Waals surface area contributed by atoms with Crippen molar-refractivity contribution in [1.82, 2.24) is 10.3 Å². The van der Waals surface area contributed by atoms with Gasteiger partial charge in [-0.25, -0.2) is 4.98 Å².